The highest BCUT2D eigenvalue weighted by Crippen LogP contribution is 2.16. The Morgan fingerprint density at radius 2 is 2.06 bits per heavy atom. The number of carboxylic acids is 1. The number of rotatable bonds is 5. The van der Waals surface area contributed by atoms with Gasteiger partial charge in [-0.05, 0) is 17.7 Å². The van der Waals surface area contributed by atoms with Gasteiger partial charge in [-0.3, -0.25) is 10.1 Å². The van der Waals surface area contributed by atoms with Crippen LogP contribution in [0.3, 0.4) is 0 Å². The van der Waals surface area contributed by atoms with Crippen molar-refractivity contribution in [1.29, 1.82) is 5.26 Å². The molecule has 0 amide bonds. The highest BCUT2D eigenvalue weighted by Gasteiger charge is 2.09. The summed E-state index contributed by atoms with van der Waals surface area (Å²) < 4.78 is 0. The maximum atomic E-state index is 10.3. The lowest BCUT2D eigenvalue weighted by atomic mass is 10.1. The Kier molecular flexibility index (Phi) is 4.30. The predicted molar refractivity (Wildman–Crippen MR) is 56.7 cm³/mol. The standard InChI is InChI=1S/C11H12N2O3/c12-7-10(13-6-5-11(15)16)8-1-3-9(14)4-2-8/h1-4,10,13-14H,5-6H2,(H,15,16). The molecule has 0 aromatic heterocycles. The predicted octanol–water partition coefficient (Wildman–Crippen LogP) is 1.02. The minimum absolute atomic E-state index is 0.0315. The maximum absolute atomic E-state index is 10.3. The normalized spacial score (nSPS) is 11.7. The second-order valence-corrected chi connectivity index (χ2v) is 3.25. The molecule has 0 spiro atoms. The number of nitrogens with zero attached hydrogens (tertiary/aromatic N) is 1. The average Bonchev–Trinajstić information content (AvgIpc) is 2.26. The summed E-state index contributed by atoms with van der Waals surface area (Å²) in [6, 6.07) is 7.68. The Morgan fingerprint density at radius 3 is 2.56 bits per heavy atom. The first-order valence-corrected chi connectivity index (χ1v) is 4.77. The van der Waals surface area contributed by atoms with Gasteiger partial charge in [-0.25, -0.2) is 0 Å². The van der Waals surface area contributed by atoms with Gasteiger partial charge in [0.1, 0.15) is 11.8 Å². The van der Waals surface area contributed by atoms with E-state index in [0.717, 1.165) is 0 Å². The van der Waals surface area contributed by atoms with Gasteiger partial charge in [0.05, 0.1) is 12.5 Å². The molecule has 1 rings (SSSR count). The molecule has 0 saturated heterocycles. The zero-order chi connectivity index (χ0) is 12.0. The Hall–Kier alpha value is -2.06. The van der Waals surface area contributed by atoms with Crippen LogP contribution in [0.25, 0.3) is 0 Å². The van der Waals surface area contributed by atoms with Gasteiger partial charge < -0.3 is 10.2 Å². The van der Waals surface area contributed by atoms with Crippen molar-refractivity contribution < 1.29 is 15.0 Å². The van der Waals surface area contributed by atoms with Gasteiger partial charge in [0.15, 0.2) is 0 Å². The molecule has 0 aliphatic rings. The van der Waals surface area contributed by atoms with Gasteiger partial charge in [0.2, 0.25) is 0 Å². The smallest absolute Gasteiger partial charge is 0.304 e. The van der Waals surface area contributed by atoms with Gasteiger partial charge >= 0.3 is 5.97 Å². The van der Waals surface area contributed by atoms with E-state index in [1.165, 1.54) is 12.1 Å². The molecule has 16 heavy (non-hydrogen) atoms. The third-order valence-corrected chi connectivity index (χ3v) is 2.04. The van der Waals surface area contributed by atoms with Crippen LogP contribution in [-0.2, 0) is 4.79 Å². The molecule has 0 saturated carbocycles. The van der Waals surface area contributed by atoms with E-state index in [1.807, 2.05) is 6.07 Å². The molecule has 1 atom stereocenters. The topological polar surface area (TPSA) is 93.4 Å². The Morgan fingerprint density at radius 1 is 1.44 bits per heavy atom. The third-order valence-electron chi connectivity index (χ3n) is 2.04. The van der Waals surface area contributed by atoms with Crippen LogP contribution in [-0.4, -0.2) is 22.7 Å². The molecule has 3 N–H and O–H groups in total. The summed E-state index contributed by atoms with van der Waals surface area (Å²) in [4.78, 5) is 10.3. The van der Waals surface area contributed by atoms with Crippen LogP contribution >= 0.6 is 0 Å². The number of hydrogen-bond donors (Lipinski definition) is 3. The fraction of sp³-hybridized carbons (Fsp3) is 0.273. The molecular weight excluding hydrogens is 208 g/mol. The zero-order valence-electron chi connectivity index (χ0n) is 8.55. The summed E-state index contributed by atoms with van der Waals surface area (Å²) in [6.07, 6.45) is -0.0315. The minimum atomic E-state index is -0.908. The minimum Gasteiger partial charge on any atom is -0.508 e. The van der Waals surface area contributed by atoms with Crippen molar-refractivity contribution in [2.24, 2.45) is 0 Å². The molecule has 0 aliphatic heterocycles. The summed E-state index contributed by atoms with van der Waals surface area (Å²) >= 11 is 0. The molecule has 1 unspecified atom stereocenters. The van der Waals surface area contributed by atoms with E-state index in [9.17, 15) is 4.79 Å². The number of carboxylic acid groups (broad SMARTS) is 1. The quantitative estimate of drug-likeness (QED) is 0.688. The number of carbonyl (C=O) groups is 1. The molecule has 1 aromatic rings. The molecule has 0 fully saturated rings. The van der Waals surface area contributed by atoms with Crippen LogP contribution in [0.1, 0.15) is 18.0 Å². The highest BCUT2D eigenvalue weighted by atomic mass is 16.4. The van der Waals surface area contributed by atoms with Crippen molar-refractivity contribution in [3.05, 3.63) is 29.8 Å². The summed E-state index contributed by atoms with van der Waals surface area (Å²) in [5, 5.41) is 29.2. The number of aromatic hydroxyl groups is 1. The summed E-state index contributed by atoms with van der Waals surface area (Å²) in [5.41, 5.74) is 0.700. The zero-order valence-corrected chi connectivity index (χ0v) is 8.55. The van der Waals surface area contributed by atoms with E-state index < -0.39 is 12.0 Å². The molecule has 1 aromatic carbocycles. The third kappa shape index (κ3) is 3.59. The first-order valence-electron chi connectivity index (χ1n) is 4.77. The Balaban J connectivity index is 2.58. The molecule has 5 heteroatoms. The van der Waals surface area contributed by atoms with E-state index in [1.54, 1.807) is 12.1 Å². The molecule has 5 nitrogen and oxygen atoms in total. The second kappa shape index (κ2) is 5.73. The summed E-state index contributed by atoms with van der Waals surface area (Å²) in [5.74, 6) is -0.777. The molecular formula is C11H12N2O3. The van der Waals surface area contributed by atoms with Gasteiger partial charge in [0.25, 0.3) is 0 Å². The van der Waals surface area contributed by atoms with Crippen LogP contribution in [0.15, 0.2) is 24.3 Å². The number of aliphatic carboxylic acids is 1. The second-order valence-electron chi connectivity index (χ2n) is 3.25. The lowest BCUT2D eigenvalue weighted by molar-refractivity contribution is -0.136. The fourth-order valence-corrected chi connectivity index (χ4v) is 1.23. The molecule has 84 valence electrons. The van der Waals surface area contributed by atoms with E-state index in [4.69, 9.17) is 15.5 Å². The van der Waals surface area contributed by atoms with E-state index >= 15 is 0 Å². The van der Waals surface area contributed by atoms with Gasteiger partial charge in [-0.1, -0.05) is 12.1 Å². The number of phenols is 1. The lowest BCUT2D eigenvalue weighted by Crippen LogP contribution is -2.22. The Labute approximate surface area is 92.9 Å². The summed E-state index contributed by atoms with van der Waals surface area (Å²) in [7, 11) is 0. The van der Waals surface area contributed by atoms with Crippen molar-refractivity contribution in [3.63, 3.8) is 0 Å². The first-order chi connectivity index (χ1) is 7.63. The molecule has 0 heterocycles. The maximum Gasteiger partial charge on any atom is 0.304 e. The van der Waals surface area contributed by atoms with Crippen molar-refractivity contribution >= 4 is 5.97 Å². The number of hydrogen-bond acceptors (Lipinski definition) is 4. The Bertz CT molecular complexity index is 395. The molecule has 0 bridgehead atoms. The van der Waals surface area contributed by atoms with Crippen molar-refractivity contribution in [3.8, 4) is 11.8 Å². The van der Waals surface area contributed by atoms with E-state index in [2.05, 4.69) is 5.32 Å². The SMILES string of the molecule is N#CC(NCCC(=O)O)c1ccc(O)cc1. The van der Waals surface area contributed by atoms with Gasteiger partial charge in [0, 0.05) is 6.54 Å². The monoisotopic (exact) mass is 220 g/mol. The number of benzene rings is 1. The van der Waals surface area contributed by atoms with Crippen molar-refractivity contribution in [2.75, 3.05) is 6.54 Å². The average molecular weight is 220 g/mol. The van der Waals surface area contributed by atoms with Crippen molar-refractivity contribution in [1.82, 2.24) is 5.32 Å². The van der Waals surface area contributed by atoms with Gasteiger partial charge in [-0.15, -0.1) is 0 Å². The van der Waals surface area contributed by atoms with Crippen LogP contribution in [0.4, 0.5) is 0 Å². The molecule has 0 radical (unpaired) electrons. The van der Waals surface area contributed by atoms with Crippen LogP contribution in [0.5, 0.6) is 5.75 Å². The van der Waals surface area contributed by atoms with Crippen molar-refractivity contribution in [2.45, 2.75) is 12.5 Å². The van der Waals surface area contributed by atoms with Gasteiger partial charge in [-0.2, -0.15) is 5.26 Å². The molecule has 0 aliphatic carbocycles. The lowest BCUT2D eigenvalue weighted by Gasteiger charge is -2.10. The first kappa shape index (κ1) is 12.0. The fourth-order valence-electron chi connectivity index (χ4n) is 1.23. The summed E-state index contributed by atoms with van der Waals surface area (Å²) in [6.45, 7) is 0.231. The largest absolute Gasteiger partial charge is 0.508 e. The number of nitriles is 1. The highest BCUT2D eigenvalue weighted by molar-refractivity contribution is 5.66. The van der Waals surface area contributed by atoms with Crippen LogP contribution < -0.4 is 5.32 Å². The van der Waals surface area contributed by atoms with Crippen LogP contribution in [0, 0.1) is 11.3 Å². The number of nitrogens with one attached hydrogen (secondary N) is 1. The van der Waals surface area contributed by atoms with E-state index in [0.29, 0.717) is 5.56 Å². The van der Waals surface area contributed by atoms with E-state index in [-0.39, 0.29) is 18.7 Å². The number of phenolic OH excluding ortho intramolecular Hbond substituents is 1. The van der Waals surface area contributed by atoms with Crippen LogP contribution in [0.2, 0.25) is 0 Å².